The Balaban J connectivity index is 2.05. The fraction of sp³-hybridized carbons (Fsp3) is 0.250. The molecule has 1 N–H and O–H groups in total. The summed E-state index contributed by atoms with van der Waals surface area (Å²) < 4.78 is 11.9. The maximum atomic E-state index is 9.18. The number of benzene rings is 2. The van der Waals surface area contributed by atoms with E-state index in [4.69, 9.17) is 9.47 Å². The molecule has 0 bridgehead atoms. The molecule has 0 aliphatic carbocycles. The van der Waals surface area contributed by atoms with E-state index in [1.54, 1.807) is 13.2 Å². The minimum absolute atomic E-state index is 0.0285. The van der Waals surface area contributed by atoms with E-state index in [1.165, 1.54) is 5.56 Å². The van der Waals surface area contributed by atoms with E-state index in [1.807, 2.05) is 24.3 Å². The number of ether oxygens (including phenoxy) is 2. The largest absolute Gasteiger partial charge is 0.493 e. The van der Waals surface area contributed by atoms with Gasteiger partial charge in [0.2, 0.25) is 0 Å². The van der Waals surface area contributed by atoms with Crippen LogP contribution in [-0.2, 0) is 13.0 Å². The van der Waals surface area contributed by atoms with E-state index in [9.17, 15) is 5.11 Å². The van der Waals surface area contributed by atoms with Crippen molar-refractivity contribution < 1.29 is 14.6 Å². The predicted octanol–water partition coefficient (Wildman–Crippen LogP) is 3.57. The molecule has 0 heterocycles. The van der Waals surface area contributed by atoms with Crippen LogP contribution in [0.3, 0.4) is 0 Å². The van der Waals surface area contributed by atoms with Crippen LogP contribution in [0.25, 0.3) is 0 Å². The highest BCUT2D eigenvalue weighted by Gasteiger charge is 2.11. The quantitative estimate of drug-likeness (QED) is 0.876. The summed E-state index contributed by atoms with van der Waals surface area (Å²) in [5.74, 6) is 1.29. The molecule has 0 saturated carbocycles. The fourth-order valence-electron chi connectivity index (χ4n) is 1.92. The van der Waals surface area contributed by atoms with Crippen molar-refractivity contribution in [2.24, 2.45) is 0 Å². The molecule has 2 aromatic rings. The van der Waals surface area contributed by atoms with Crippen LogP contribution < -0.4 is 9.47 Å². The standard InChI is InChI=1S/C16H17BrO3/c1-19-15-10-13(11-18)9-14(17)16(15)20-8-7-12-5-3-2-4-6-12/h2-6,9-10,18H,7-8,11H2,1H3. The maximum Gasteiger partial charge on any atom is 0.175 e. The zero-order valence-electron chi connectivity index (χ0n) is 11.3. The van der Waals surface area contributed by atoms with E-state index in [2.05, 4.69) is 28.1 Å². The van der Waals surface area contributed by atoms with E-state index in [0.29, 0.717) is 18.1 Å². The Hall–Kier alpha value is -1.52. The third-order valence-corrected chi connectivity index (χ3v) is 3.54. The Bertz CT molecular complexity index is 555. The Labute approximate surface area is 127 Å². The molecule has 2 rings (SSSR count). The summed E-state index contributed by atoms with van der Waals surface area (Å²) in [4.78, 5) is 0. The molecule has 0 amide bonds. The molecule has 3 nitrogen and oxygen atoms in total. The van der Waals surface area contributed by atoms with Crippen molar-refractivity contribution in [2.75, 3.05) is 13.7 Å². The average molecular weight is 337 g/mol. The monoisotopic (exact) mass is 336 g/mol. The predicted molar refractivity (Wildman–Crippen MR) is 82.3 cm³/mol. The molecule has 20 heavy (non-hydrogen) atoms. The SMILES string of the molecule is COc1cc(CO)cc(Br)c1OCCc1ccccc1. The van der Waals surface area contributed by atoms with Crippen LogP contribution in [0.1, 0.15) is 11.1 Å². The topological polar surface area (TPSA) is 38.7 Å². The van der Waals surface area contributed by atoms with Gasteiger partial charge in [0.05, 0.1) is 24.8 Å². The normalized spacial score (nSPS) is 10.3. The first-order valence-corrected chi connectivity index (χ1v) is 7.18. The Morgan fingerprint density at radius 1 is 1.10 bits per heavy atom. The maximum absolute atomic E-state index is 9.18. The smallest absolute Gasteiger partial charge is 0.175 e. The number of methoxy groups -OCH3 is 1. The lowest BCUT2D eigenvalue weighted by atomic mass is 10.2. The first-order chi connectivity index (χ1) is 9.74. The summed E-state index contributed by atoms with van der Waals surface area (Å²) in [6.07, 6.45) is 0.832. The summed E-state index contributed by atoms with van der Waals surface area (Å²) in [6, 6.07) is 13.8. The lowest BCUT2D eigenvalue weighted by molar-refractivity contribution is 0.277. The van der Waals surface area contributed by atoms with Gasteiger partial charge in [-0.3, -0.25) is 0 Å². The fourth-order valence-corrected chi connectivity index (χ4v) is 2.52. The van der Waals surface area contributed by atoms with Crippen molar-refractivity contribution in [3.8, 4) is 11.5 Å². The second kappa shape index (κ2) is 7.31. The van der Waals surface area contributed by atoms with Crippen LogP contribution >= 0.6 is 15.9 Å². The molecule has 0 aliphatic heterocycles. The number of aliphatic hydroxyl groups excluding tert-OH is 1. The van der Waals surface area contributed by atoms with Gasteiger partial charge in [0, 0.05) is 6.42 Å². The second-order valence-electron chi connectivity index (χ2n) is 4.35. The summed E-state index contributed by atoms with van der Waals surface area (Å²) >= 11 is 3.45. The van der Waals surface area contributed by atoms with Crippen LogP contribution in [0.2, 0.25) is 0 Å². The minimum atomic E-state index is -0.0285. The Morgan fingerprint density at radius 3 is 2.50 bits per heavy atom. The molecule has 0 unspecified atom stereocenters. The van der Waals surface area contributed by atoms with Crippen molar-refractivity contribution >= 4 is 15.9 Å². The van der Waals surface area contributed by atoms with Gasteiger partial charge in [-0.1, -0.05) is 30.3 Å². The number of hydrogen-bond acceptors (Lipinski definition) is 3. The van der Waals surface area contributed by atoms with Crippen LogP contribution in [0.5, 0.6) is 11.5 Å². The second-order valence-corrected chi connectivity index (χ2v) is 5.21. The Morgan fingerprint density at radius 2 is 1.85 bits per heavy atom. The van der Waals surface area contributed by atoms with Crippen molar-refractivity contribution in [2.45, 2.75) is 13.0 Å². The van der Waals surface area contributed by atoms with Gasteiger partial charge in [0.1, 0.15) is 0 Å². The van der Waals surface area contributed by atoms with E-state index in [0.717, 1.165) is 16.5 Å². The van der Waals surface area contributed by atoms with E-state index < -0.39 is 0 Å². The van der Waals surface area contributed by atoms with E-state index in [-0.39, 0.29) is 6.61 Å². The number of halogens is 1. The van der Waals surface area contributed by atoms with Gasteiger partial charge >= 0.3 is 0 Å². The summed E-state index contributed by atoms with van der Waals surface area (Å²) in [7, 11) is 1.59. The highest BCUT2D eigenvalue weighted by Crippen LogP contribution is 2.36. The molecular weight excluding hydrogens is 320 g/mol. The van der Waals surface area contributed by atoms with Gasteiger partial charge in [-0.25, -0.2) is 0 Å². The first-order valence-electron chi connectivity index (χ1n) is 6.38. The molecule has 0 aromatic heterocycles. The number of aliphatic hydroxyl groups is 1. The van der Waals surface area contributed by atoms with Crippen molar-refractivity contribution in [1.29, 1.82) is 0 Å². The van der Waals surface area contributed by atoms with Crippen molar-refractivity contribution in [1.82, 2.24) is 0 Å². The van der Waals surface area contributed by atoms with Crippen LogP contribution in [0, 0.1) is 0 Å². The number of rotatable bonds is 6. The average Bonchev–Trinajstić information content (AvgIpc) is 2.49. The van der Waals surface area contributed by atoms with Crippen LogP contribution in [0.4, 0.5) is 0 Å². The van der Waals surface area contributed by atoms with Crippen molar-refractivity contribution in [3.63, 3.8) is 0 Å². The van der Waals surface area contributed by atoms with Gasteiger partial charge in [-0.2, -0.15) is 0 Å². The van der Waals surface area contributed by atoms with Gasteiger partial charge in [0.25, 0.3) is 0 Å². The summed E-state index contributed by atoms with van der Waals surface area (Å²) in [6.45, 7) is 0.538. The number of hydrogen-bond donors (Lipinski definition) is 1. The molecule has 0 atom stereocenters. The first kappa shape index (κ1) is 14.9. The van der Waals surface area contributed by atoms with Crippen LogP contribution in [0.15, 0.2) is 46.9 Å². The Kier molecular flexibility index (Phi) is 5.44. The zero-order valence-corrected chi connectivity index (χ0v) is 12.9. The molecule has 0 aliphatic rings. The highest BCUT2D eigenvalue weighted by molar-refractivity contribution is 9.10. The van der Waals surface area contributed by atoms with Gasteiger partial charge in [0.15, 0.2) is 11.5 Å². The molecule has 0 fully saturated rings. The molecule has 4 heteroatoms. The van der Waals surface area contributed by atoms with Crippen LogP contribution in [-0.4, -0.2) is 18.8 Å². The third-order valence-electron chi connectivity index (χ3n) is 2.95. The third kappa shape index (κ3) is 3.74. The highest BCUT2D eigenvalue weighted by atomic mass is 79.9. The van der Waals surface area contributed by atoms with E-state index >= 15 is 0 Å². The summed E-state index contributed by atoms with van der Waals surface area (Å²) in [5.41, 5.74) is 2.01. The van der Waals surface area contributed by atoms with Gasteiger partial charge in [-0.15, -0.1) is 0 Å². The lowest BCUT2D eigenvalue weighted by Crippen LogP contribution is -2.04. The molecule has 0 spiro atoms. The lowest BCUT2D eigenvalue weighted by Gasteiger charge is -2.14. The molecule has 0 saturated heterocycles. The van der Waals surface area contributed by atoms with Gasteiger partial charge < -0.3 is 14.6 Å². The molecule has 2 aromatic carbocycles. The van der Waals surface area contributed by atoms with Crippen molar-refractivity contribution in [3.05, 3.63) is 58.1 Å². The molecule has 106 valence electrons. The van der Waals surface area contributed by atoms with Gasteiger partial charge in [-0.05, 0) is 39.2 Å². The zero-order chi connectivity index (χ0) is 14.4. The minimum Gasteiger partial charge on any atom is -0.493 e. The molecule has 0 radical (unpaired) electrons. The molecular formula is C16H17BrO3. The summed E-state index contributed by atoms with van der Waals surface area (Å²) in [5, 5.41) is 9.18.